The highest BCUT2D eigenvalue weighted by Gasteiger charge is 2.33. The van der Waals surface area contributed by atoms with E-state index < -0.39 is 11.9 Å². The maximum Gasteiger partial charge on any atom is 0.302 e. The number of rotatable bonds is 2. The van der Waals surface area contributed by atoms with Gasteiger partial charge in [0.05, 0.1) is 15.0 Å². The van der Waals surface area contributed by atoms with Crippen LogP contribution in [0.2, 0.25) is 0 Å². The summed E-state index contributed by atoms with van der Waals surface area (Å²) >= 11 is 0. The average molecular weight is 316 g/mol. The summed E-state index contributed by atoms with van der Waals surface area (Å²) in [6, 6.07) is 0.330. The van der Waals surface area contributed by atoms with Crippen molar-refractivity contribution in [3.63, 3.8) is 0 Å². The van der Waals surface area contributed by atoms with Gasteiger partial charge in [-0.3, -0.25) is 9.37 Å². The van der Waals surface area contributed by atoms with Gasteiger partial charge in [-0.15, -0.1) is 0 Å². The number of hydrogen-bond acceptors (Lipinski definition) is 2. The second-order valence-electron chi connectivity index (χ2n) is 5.60. The largest absolute Gasteiger partial charge is 0.346 e. The maximum atomic E-state index is 12.2. The summed E-state index contributed by atoms with van der Waals surface area (Å²) in [5, 5.41) is 0.704. The summed E-state index contributed by atoms with van der Waals surface area (Å²) in [6.07, 6.45) is 1.96. The highest BCUT2D eigenvalue weighted by Crippen LogP contribution is 2.18. The van der Waals surface area contributed by atoms with Crippen LogP contribution >= 0.6 is 0 Å². The number of aromatic amines is 2. The summed E-state index contributed by atoms with van der Waals surface area (Å²) in [5.41, 5.74) is 1.01. The quantitative estimate of drug-likeness (QED) is 0.624. The van der Waals surface area contributed by atoms with Crippen molar-refractivity contribution in [1.29, 1.82) is 0 Å². The van der Waals surface area contributed by atoms with E-state index >= 15 is 0 Å². The van der Waals surface area contributed by atoms with E-state index in [0.29, 0.717) is 29.5 Å². The molecule has 0 unspecified atom stereocenters. The Kier molecular flexibility index (Phi) is 3.23. The molecule has 1 aliphatic heterocycles. The lowest BCUT2D eigenvalue weighted by Gasteiger charge is -2.35. The first-order valence-electron chi connectivity index (χ1n) is 8.91. The SMILES string of the molecule is [2H]c1nc2[nH]ccc2c(=[N+](C)[C@@]2([2H])CN(C(=O)C[N+]#[C-])CC[C@@]2([2H])C)[nH]1. The van der Waals surface area contributed by atoms with Gasteiger partial charge < -0.3 is 14.7 Å². The van der Waals surface area contributed by atoms with Crippen LogP contribution in [-0.4, -0.2) is 58.5 Å². The van der Waals surface area contributed by atoms with Crippen molar-refractivity contribution >= 4 is 16.9 Å². The summed E-state index contributed by atoms with van der Waals surface area (Å²) in [6.45, 7) is 8.68. The van der Waals surface area contributed by atoms with Gasteiger partial charge in [-0.2, -0.15) is 4.98 Å². The molecule has 3 heterocycles. The van der Waals surface area contributed by atoms with Crippen LogP contribution in [0.5, 0.6) is 0 Å². The van der Waals surface area contributed by atoms with Crippen molar-refractivity contribution in [2.45, 2.75) is 19.4 Å². The summed E-state index contributed by atoms with van der Waals surface area (Å²) in [4.78, 5) is 26.7. The van der Waals surface area contributed by atoms with Gasteiger partial charge >= 0.3 is 5.91 Å². The Hall–Kier alpha value is -2.62. The van der Waals surface area contributed by atoms with Gasteiger partial charge in [0, 0.05) is 14.1 Å². The number of likely N-dealkylation sites (N-methyl/N-ethyl adjacent to an activating group) is 1. The van der Waals surface area contributed by atoms with Crippen LogP contribution in [-0.2, 0) is 4.79 Å². The van der Waals surface area contributed by atoms with E-state index in [-0.39, 0.29) is 25.3 Å². The van der Waals surface area contributed by atoms with Gasteiger partial charge in [-0.1, -0.05) is 6.92 Å². The van der Waals surface area contributed by atoms with E-state index in [1.165, 1.54) is 4.90 Å². The molecule has 2 atom stereocenters. The number of hydrogen-bond donors (Lipinski definition) is 2. The van der Waals surface area contributed by atoms with E-state index in [4.69, 9.17) is 10.7 Å². The first-order chi connectivity index (χ1) is 12.2. The molecule has 2 aromatic rings. The fourth-order valence-corrected chi connectivity index (χ4v) is 2.86. The van der Waals surface area contributed by atoms with Gasteiger partial charge in [-0.05, 0) is 18.4 Å². The zero-order chi connectivity index (χ0) is 19.1. The molecule has 0 aliphatic carbocycles. The number of H-pyrrole nitrogens is 2. The molecule has 1 amide bonds. The van der Waals surface area contributed by atoms with Crippen molar-refractivity contribution in [1.82, 2.24) is 24.4 Å². The summed E-state index contributed by atoms with van der Waals surface area (Å²) < 4.78 is 27.3. The molecule has 1 aliphatic rings. The average Bonchev–Trinajstić information content (AvgIpc) is 3.04. The van der Waals surface area contributed by atoms with Crippen molar-refractivity contribution in [3.8, 4) is 0 Å². The van der Waals surface area contributed by atoms with Crippen LogP contribution in [0.4, 0.5) is 0 Å². The topological polar surface area (TPSA) is 72.2 Å². The molecule has 0 saturated carbocycles. The summed E-state index contributed by atoms with van der Waals surface area (Å²) in [5.74, 6) is -1.48. The van der Waals surface area contributed by atoms with Crippen LogP contribution in [0, 0.1) is 12.5 Å². The molecule has 0 radical (unpaired) electrons. The Bertz CT molecular complexity index is 972. The van der Waals surface area contributed by atoms with Gasteiger partial charge in [0.15, 0.2) is 6.30 Å². The minimum absolute atomic E-state index is 0.00721. The lowest BCUT2D eigenvalue weighted by Crippen LogP contribution is -2.54. The zero-order valence-electron chi connectivity index (χ0n) is 16.2. The molecule has 1 saturated heterocycles. The van der Waals surface area contributed by atoms with Crippen LogP contribution in [0.15, 0.2) is 18.6 Å². The number of nitrogens with one attached hydrogen (secondary N) is 2. The number of carbonyl (C=O) groups excluding carboxylic acids is 1. The van der Waals surface area contributed by atoms with Crippen LogP contribution in [0.25, 0.3) is 15.9 Å². The molecule has 120 valence electrons. The predicted octanol–water partition coefficient (Wildman–Crippen LogP) is 0.449. The van der Waals surface area contributed by atoms with Gasteiger partial charge in [-0.25, -0.2) is 11.6 Å². The highest BCUT2D eigenvalue weighted by molar-refractivity contribution is 5.79. The van der Waals surface area contributed by atoms with Gasteiger partial charge in [0.2, 0.25) is 0 Å². The number of carbonyl (C=O) groups is 1. The first kappa shape index (κ1) is 11.9. The fourth-order valence-electron chi connectivity index (χ4n) is 2.86. The monoisotopic (exact) mass is 316 g/mol. The molecular formula is C16H21N6O+. The smallest absolute Gasteiger partial charge is 0.302 e. The Morgan fingerprint density at radius 2 is 2.52 bits per heavy atom. The van der Waals surface area contributed by atoms with Crippen LogP contribution in [0.1, 0.15) is 17.5 Å². The van der Waals surface area contributed by atoms with Crippen LogP contribution < -0.4 is 10.1 Å². The van der Waals surface area contributed by atoms with E-state index in [2.05, 4.69) is 19.8 Å². The molecule has 7 heteroatoms. The van der Waals surface area contributed by atoms with Crippen LogP contribution in [0.3, 0.4) is 0 Å². The Morgan fingerprint density at radius 3 is 3.30 bits per heavy atom. The van der Waals surface area contributed by atoms with Crippen molar-refractivity contribution in [2.24, 2.45) is 5.89 Å². The van der Waals surface area contributed by atoms with Crippen molar-refractivity contribution < 1.29 is 8.91 Å². The molecule has 3 rings (SSSR count). The Labute approximate surface area is 138 Å². The third-order valence-electron chi connectivity index (χ3n) is 4.22. The fraction of sp³-hybridized carbons (Fsp3) is 0.500. The second kappa shape index (κ2) is 6.24. The number of likely N-dealkylation sites (tertiary alicyclic amines) is 1. The first-order valence-corrected chi connectivity index (χ1v) is 7.41. The lowest BCUT2D eigenvalue weighted by atomic mass is 9.93. The predicted molar refractivity (Wildman–Crippen MR) is 87.3 cm³/mol. The van der Waals surface area contributed by atoms with Crippen molar-refractivity contribution in [2.75, 3.05) is 26.7 Å². The lowest BCUT2D eigenvalue weighted by molar-refractivity contribution is -0.131. The zero-order valence-corrected chi connectivity index (χ0v) is 13.2. The minimum atomic E-state index is -1.46. The molecule has 0 aromatic carbocycles. The third-order valence-corrected chi connectivity index (χ3v) is 4.22. The molecule has 0 bridgehead atoms. The maximum absolute atomic E-state index is 12.2. The molecule has 2 N–H and O–H groups in total. The number of nitrogens with zero attached hydrogens (tertiary/aromatic N) is 4. The minimum Gasteiger partial charge on any atom is -0.346 e. The second-order valence-corrected chi connectivity index (χ2v) is 5.60. The number of piperidine rings is 1. The highest BCUT2D eigenvalue weighted by atomic mass is 16.2. The number of fused-ring (bicyclic) bond motifs is 1. The standard InChI is InChI=1S/C16H20N6O/c1-11-5-7-22(14(23)8-17-2)9-13(11)21(3)16-12-4-6-18-15(12)19-10-20-16/h4,6,10-11,13H,5,7-9H2,1,3H3,(H,18,19,20)/p+1/t11-,13+/m1/s1/i10D,11D,13D. The third kappa shape index (κ3) is 2.84. The molecule has 0 spiro atoms. The van der Waals surface area contributed by atoms with Gasteiger partial charge in [0.25, 0.3) is 12.0 Å². The Balaban J connectivity index is 2.18. The number of aromatic nitrogens is 3. The molecule has 1 fully saturated rings. The molecule has 2 aromatic heterocycles. The van der Waals surface area contributed by atoms with E-state index in [0.717, 1.165) is 0 Å². The van der Waals surface area contributed by atoms with E-state index in [1.54, 1.807) is 30.8 Å². The van der Waals surface area contributed by atoms with E-state index in [9.17, 15) is 4.79 Å². The van der Waals surface area contributed by atoms with Crippen molar-refractivity contribution in [3.05, 3.63) is 35.5 Å². The van der Waals surface area contributed by atoms with Gasteiger partial charge in [0.1, 0.15) is 18.4 Å². The van der Waals surface area contributed by atoms with E-state index in [1.807, 2.05) is 0 Å². The summed E-state index contributed by atoms with van der Waals surface area (Å²) in [7, 11) is 1.68. The molecule has 23 heavy (non-hydrogen) atoms. The number of amides is 1. The Morgan fingerprint density at radius 1 is 1.70 bits per heavy atom. The normalized spacial score (nSPS) is 31.0. The molecule has 7 nitrogen and oxygen atoms in total. The molecular weight excluding hydrogens is 292 g/mol.